The number of ether oxygens (including phenoxy) is 1. The zero-order valence-electron chi connectivity index (χ0n) is 10.5. The SMILES string of the molecule is NC(=O)c1ccc(NC(=S)NCC2CCCO2)cc1. The fourth-order valence-electron chi connectivity index (χ4n) is 1.90. The van der Waals surface area contributed by atoms with Crippen LogP contribution in [0, 0.1) is 0 Å². The fourth-order valence-corrected chi connectivity index (χ4v) is 2.11. The third kappa shape index (κ3) is 4.18. The van der Waals surface area contributed by atoms with Crippen LogP contribution in [0.3, 0.4) is 0 Å². The highest BCUT2D eigenvalue weighted by molar-refractivity contribution is 7.80. The molecular weight excluding hydrogens is 262 g/mol. The molecule has 1 saturated heterocycles. The van der Waals surface area contributed by atoms with Crippen molar-refractivity contribution in [3.8, 4) is 0 Å². The standard InChI is InChI=1S/C13H17N3O2S/c14-12(17)9-3-5-10(6-4-9)16-13(19)15-8-11-2-1-7-18-11/h3-6,11H,1-2,7-8H2,(H2,14,17)(H2,15,16,19). The number of rotatable bonds is 4. The molecule has 102 valence electrons. The normalized spacial score (nSPS) is 18.0. The minimum absolute atomic E-state index is 0.247. The van der Waals surface area contributed by atoms with Crippen LogP contribution in [0.4, 0.5) is 5.69 Å². The summed E-state index contributed by atoms with van der Waals surface area (Å²) in [5.41, 5.74) is 6.46. The van der Waals surface area contributed by atoms with Gasteiger partial charge in [-0.3, -0.25) is 4.79 Å². The first kappa shape index (κ1) is 13.8. The smallest absolute Gasteiger partial charge is 0.248 e. The van der Waals surface area contributed by atoms with Gasteiger partial charge in [0, 0.05) is 24.4 Å². The van der Waals surface area contributed by atoms with Gasteiger partial charge in [0.15, 0.2) is 5.11 Å². The van der Waals surface area contributed by atoms with Crippen molar-refractivity contribution < 1.29 is 9.53 Å². The minimum Gasteiger partial charge on any atom is -0.376 e. The lowest BCUT2D eigenvalue weighted by molar-refractivity contribution is 0.100. The van der Waals surface area contributed by atoms with Crippen molar-refractivity contribution in [3.05, 3.63) is 29.8 Å². The molecule has 1 aromatic carbocycles. The summed E-state index contributed by atoms with van der Waals surface area (Å²) < 4.78 is 5.49. The summed E-state index contributed by atoms with van der Waals surface area (Å²) >= 11 is 5.19. The maximum atomic E-state index is 10.9. The van der Waals surface area contributed by atoms with Crippen molar-refractivity contribution in [2.75, 3.05) is 18.5 Å². The first-order valence-corrected chi connectivity index (χ1v) is 6.62. The van der Waals surface area contributed by atoms with Crippen molar-refractivity contribution in [2.45, 2.75) is 18.9 Å². The zero-order valence-corrected chi connectivity index (χ0v) is 11.3. The van der Waals surface area contributed by atoms with Crippen molar-refractivity contribution in [3.63, 3.8) is 0 Å². The van der Waals surface area contributed by atoms with Gasteiger partial charge in [0.1, 0.15) is 0 Å². The number of amides is 1. The molecule has 1 amide bonds. The van der Waals surface area contributed by atoms with Gasteiger partial charge in [-0.2, -0.15) is 0 Å². The Kier molecular flexibility index (Phi) is 4.70. The molecule has 19 heavy (non-hydrogen) atoms. The molecule has 5 nitrogen and oxygen atoms in total. The Morgan fingerprint density at radius 2 is 2.16 bits per heavy atom. The lowest BCUT2D eigenvalue weighted by Crippen LogP contribution is -2.34. The van der Waals surface area contributed by atoms with Gasteiger partial charge in [0.2, 0.25) is 5.91 Å². The molecule has 1 aromatic rings. The van der Waals surface area contributed by atoms with E-state index in [0.717, 1.165) is 25.1 Å². The molecule has 0 saturated carbocycles. The van der Waals surface area contributed by atoms with Crippen LogP contribution in [0.15, 0.2) is 24.3 Å². The van der Waals surface area contributed by atoms with Gasteiger partial charge in [0.05, 0.1) is 6.10 Å². The highest BCUT2D eigenvalue weighted by atomic mass is 32.1. The van der Waals surface area contributed by atoms with Gasteiger partial charge in [-0.05, 0) is 49.3 Å². The molecule has 1 aliphatic heterocycles. The Hall–Kier alpha value is -1.66. The summed E-state index contributed by atoms with van der Waals surface area (Å²) in [5, 5.41) is 6.70. The Morgan fingerprint density at radius 1 is 1.42 bits per heavy atom. The summed E-state index contributed by atoms with van der Waals surface area (Å²) in [7, 11) is 0. The quantitative estimate of drug-likeness (QED) is 0.723. The van der Waals surface area contributed by atoms with E-state index in [1.807, 2.05) is 0 Å². The van der Waals surface area contributed by atoms with Crippen molar-refractivity contribution in [2.24, 2.45) is 5.73 Å². The number of thiocarbonyl (C=S) groups is 1. The number of hydrogen-bond donors (Lipinski definition) is 3. The van der Waals surface area contributed by atoms with Crippen LogP contribution >= 0.6 is 12.2 Å². The molecule has 1 fully saturated rings. The Bertz CT molecular complexity index is 455. The highest BCUT2D eigenvalue weighted by Gasteiger charge is 2.15. The van der Waals surface area contributed by atoms with Gasteiger partial charge in [-0.1, -0.05) is 0 Å². The molecule has 1 unspecified atom stereocenters. The predicted octanol–water partition coefficient (Wildman–Crippen LogP) is 1.25. The lowest BCUT2D eigenvalue weighted by Gasteiger charge is -2.14. The summed E-state index contributed by atoms with van der Waals surface area (Å²) in [5.74, 6) is -0.439. The summed E-state index contributed by atoms with van der Waals surface area (Å²) in [6, 6.07) is 6.85. The van der Waals surface area contributed by atoms with Gasteiger partial charge in [0.25, 0.3) is 0 Å². The number of carbonyl (C=O) groups excluding carboxylic acids is 1. The average Bonchev–Trinajstić information content (AvgIpc) is 2.90. The van der Waals surface area contributed by atoms with Crippen LogP contribution < -0.4 is 16.4 Å². The first-order valence-electron chi connectivity index (χ1n) is 6.21. The maximum absolute atomic E-state index is 10.9. The monoisotopic (exact) mass is 279 g/mol. The molecule has 1 aliphatic rings. The van der Waals surface area contributed by atoms with Crippen LogP contribution in [0.2, 0.25) is 0 Å². The predicted molar refractivity (Wildman–Crippen MR) is 78.2 cm³/mol. The van der Waals surface area contributed by atoms with E-state index in [9.17, 15) is 4.79 Å². The van der Waals surface area contributed by atoms with Crippen molar-refractivity contribution >= 4 is 28.9 Å². The molecule has 1 heterocycles. The Balaban J connectivity index is 1.79. The van der Waals surface area contributed by atoms with Gasteiger partial charge in [-0.15, -0.1) is 0 Å². The van der Waals surface area contributed by atoms with Crippen LogP contribution in [-0.2, 0) is 4.74 Å². The van der Waals surface area contributed by atoms with E-state index in [-0.39, 0.29) is 6.10 Å². The number of carbonyl (C=O) groups is 1. The third-order valence-corrected chi connectivity index (χ3v) is 3.19. The minimum atomic E-state index is -0.439. The molecule has 0 bridgehead atoms. The average molecular weight is 279 g/mol. The van der Waals surface area contributed by atoms with E-state index in [1.54, 1.807) is 24.3 Å². The second kappa shape index (κ2) is 6.49. The van der Waals surface area contributed by atoms with E-state index in [2.05, 4.69) is 10.6 Å². The van der Waals surface area contributed by atoms with Crippen LogP contribution in [-0.4, -0.2) is 30.3 Å². The van der Waals surface area contributed by atoms with Gasteiger partial charge >= 0.3 is 0 Å². The van der Waals surface area contributed by atoms with E-state index in [4.69, 9.17) is 22.7 Å². The van der Waals surface area contributed by atoms with Crippen LogP contribution in [0.5, 0.6) is 0 Å². The van der Waals surface area contributed by atoms with E-state index >= 15 is 0 Å². The van der Waals surface area contributed by atoms with Gasteiger partial charge in [-0.25, -0.2) is 0 Å². The first-order chi connectivity index (χ1) is 9.15. The topological polar surface area (TPSA) is 76.4 Å². The molecule has 0 radical (unpaired) electrons. The number of hydrogen-bond acceptors (Lipinski definition) is 3. The molecule has 6 heteroatoms. The highest BCUT2D eigenvalue weighted by Crippen LogP contribution is 2.11. The number of benzene rings is 1. The number of anilines is 1. The molecular formula is C13H17N3O2S. The molecule has 2 rings (SSSR count). The summed E-state index contributed by atoms with van der Waals surface area (Å²) in [6.45, 7) is 1.55. The molecule has 0 spiro atoms. The van der Waals surface area contributed by atoms with E-state index in [0.29, 0.717) is 17.2 Å². The fraction of sp³-hybridized carbons (Fsp3) is 0.385. The Labute approximate surface area is 117 Å². The van der Waals surface area contributed by atoms with Crippen molar-refractivity contribution in [1.82, 2.24) is 5.32 Å². The number of nitrogens with two attached hydrogens (primary N) is 1. The van der Waals surface area contributed by atoms with Gasteiger partial charge < -0.3 is 21.1 Å². The Morgan fingerprint density at radius 3 is 2.74 bits per heavy atom. The third-order valence-electron chi connectivity index (χ3n) is 2.94. The summed E-state index contributed by atoms with van der Waals surface area (Å²) in [4.78, 5) is 10.9. The van der Waals surface area contributed by atoms with E-state index in [1.165, 1.54) is 0 Å². The number of nitrogens with one attached hydrogen (secondary N) is 2. The zero-order chi connectivity index (χ0) is 13.7. The maximum Gasteiger partial charge on any atom is 0.248 e. The summed E-state index contributed by atoms with van der Waals surface area (Å²) in [6.07, 6.45) is 2.43. The van der Waals surface area contributed by atoms with E-state index < -0.39 is 5.91 Å². The second-order valence-corrected chi connectivity index (χ2v) is 4.82. The second-order valence-electron chi connectivity index (χ2n) is 4.41. The molecule has 4 N–H and O–H groups in total. The lowest BCUT2D eigenvalue weighted by atomic mass is 10.2. The molecule has 0 aliphatic carbocycles. The molecule has 1 atom stereocenters. The van der Waals surface area contributed by atoms with Crippen LogP contribution in [0.1, 0.15) is 23.2 Å². The molecule has 0 aromatic heterocycles. The van der Waals surface area contributed by atoms with Crippen molar-refractivity contribution in [1.29, 1.82) is 0 Å². The largest absolute Gasteiger partial charge is 0.376 e. The number of primary amides is 1. The van der Waals surface area contributed by atoms with Crippen LogP contribution in [0.25, 0.3) is 0 Å².